The number of fused-ring (bicyclic) bond motifs is 1. The second-order valence-corrected chi connectivity index (χ2v) is 6.54. The van der Waals surface area contributed by atoms with Gasteiger partial charge in [-0.1, -0.05) is 5.16 Å². The third-order valence-corrected chi connectivity index (χ3v) is 4.56. The zero-order chi connectivity index (χ0) is 21.3. The fourth-order valence-corrected chi connectivity index (χ4v) is 3.22. The Balaban J connectivity index is 1.58. The summed E-state index contributed by atoms with van der Waals surface area (Å²) >= 11 is 0. The first kappa shape index (κ1) is 19.7. The fourth-order valence-electron chi connectivity index (χ4n) is 3.22. The van der Waals surface area contributed by atoms with Crippen molar-refractivity contribution in [3.8, 4) is 17.1 Å². The van der Waals surface area contributed by atoms with Crippen LogP contribution in [0.4, 0.5) is 18.0 Å². The highest BCUT2D eigenvalue weighted by Gasteiger charge is 2.36. The topological polar surface area (TPSA) is 109 Å². The van der Waals surface area contributed by atoms with Gasteiger partial charge in [0, 0.05) is 18.5 Å². The second-order valence-electron chi connectivity index (χ2n) is 6.54. The number of nitrogens with one attached hydrogen (secondary N) is 2. The van der Waals surface area contributed by atoms with E-state index < -0.39 is 12.4 Å². The number of amides is 2. The number of hydrogen-bond donors (Lipinski definition) is 2. The molecule has 1 atom stereocenters. The van der Waals surface area contributed by atoms with Crippen LogP contribution in [0.3, 0.4) is 0 Å². The van der Waals surface area contributed by atoms with Crippen molar-refractivity contribution in [2.75, 3.05) is 6.54 Å². The molecule has 0 fully saturated rings. The molecular weight excluding hydrogens is 405 g/mol. The molecule has 3 heterocycles. The van der Waals surface area contributed by atoms with Crippen molar-refractivity contribution >= 4 is 6.03 Å². The van der Waals surface area contributed by atoms with E-state index in [-0.39, 0.29) is 23.5 Å². The highest BCUT2D eigenvalue weighted by atomic mass is 19.4. The van der Waals surface area contributed by atoms with Gasteiger partial charge in [0.2, 0.25) is 11.7 Å². The molecule has 1 aliphatic heterocycles. The Labute approximate surface area is 168 Å². The third kappa shape index (κ3) is 4.07. The Morgan fingerprint density at radius 3 is 2.83 bits per heavy atom. The van der Waals surface area contributed by atoms with Gasteiger partial charge in [0.25, 0.3) is 0 Å². The van der Waals surface area contributed by atoms with Gasteiger partial charge in [-0.2, -0.15) is 4.98 Å². The van der Waals surface area contributed by atoms with Crippen molar-refractivity contribution in [1.29, 1.82) is 0 Å². The van der Waals surface area contributed by atoms with E-state index in [1.165, 1.54) is 12.1 Å². The van der Waals surface area contributed by atoms with Crippen LogP contribution < -0.4 is 10.1 Å². The summed E-state index contributed by atoms with van der Waals surface area (Å²) in [5, 5.41) is 6.67. The molecule has 4 rings (SSSR count). The Morgan fingerprint density at radius 2 is 2.13 bits per heavy atom. The molecule has 158 valence electrons. The van der Waals surface area contributed by atoms with E-state index in [9.17, 15) is 18.0 Å². The van der Waals surface area contributed by atoms with E-state index in [1.807, 2.05) is 6.92 Å². The summed E-state index contributed by atoms with van der Waals surface area (Å²) < 4.78 is 46.2. The van der Waals surface area contributed by atoms with Crippen molar-refractivity contribution in [3.05, 3.63) is 47.9 Å². The summed E-state index contributed by atoms with van der Waals surface area (Å²) in [5.74, 6) is 0.0449. The van der Waals surface area contributed by atoms with E-state index in [0.717, 1.165) is 23.5 Å². The number of rotatable bonds is 4. The summed E-state index contributed by atoms with van der Waals surface area (Å²) in [6.45, 7) is 2.57. The third-order valence-electron chi connectivity index (χ3n) is 4.56. The maximum atomic E-state index is 12.5. The Kier molecular flexibility index (Phi) is 5.06. The molecule has 2 N–H and O–H groups in total. The Bertz CT molecular complexity index is 1030. The highest BCUT2D eigenvalue weighted by molar-refractivity contribution is 5.75. The Hall–Kier alpha value is -3.57. The lowest BCUT2D eigenvalue weighted by Crippen LogP contribution is -2.44. The number of urea groups is 1. The summed E-state index contributed by atoms with van der Waals surface area (Å²) in [6.07, 6.45) is -2.82. The molecule has 0 saturated heterocycles. The average Bonchev–Trinajstić information content (AvgIpc) is 3.35. The summed E-state index contributed by atoms with van der Waals surface area (Å²) in [7, 11) is 0. The maximum absolute atomic E-state index is 12.5. The predicted molar refractivity (Wildman–Crippen MR) is 96.1 cm³/mol. The Morgan fingerprint density at radius 1 is 1.37 bits per heavy atom. The van der Waals surface area contributed by atoms with Crippen molar-refractivity contribution in [2.24, 2.45) is 0 Å². The van der Waals surface area contributed by atoms with E-state index in [2.05, 4.69) is 30.2 Å². The van der Waals surface area contributed by atoms with Crippen LogP contribution in [0, 0.1) is 0 Å². The van der Waals surface area contributed by atoms with Crippen molar-refractivity contribution in [3.63, 3.8) is 0 Å². The number of nitrogens with zero attached hydrogens (tertiary/aromatic N) is 4. The van der Waals surface area contributed by atoms with Gasteiger partial charge in [0.1, 0.15) is 11.8 Å². The maximum Gasteiger partial charge on any atom is 0.573 e. The van der Waals surface area contributed by atoms with Gasteiger partial charge in [0.05, 0.1) is 24.3 Å². The van der Waals surface area contributed by atoms with Crippen molar-refractivity contribution in [1.82, 2.24) is 30.3 Å². The molecule has 0 aliphatic carbocycles. The minimum atomic E-state index is -4.77. The predicted octanol–water partition coefficient (Wildman–Crippen LogP) is 3.19. The van der Waals surface area contributed by atoms with Gasteiger partial charge in [-0.3, -0.25) is 0 Å². The average molecular weight is 422 g/mol. The SMILES string of the molecule is CCNC(=O)N1Cc2[nH]cnc2CC1c1nc(-c2ccc(OC(F)(F)F)cc2)no1. The lowest BCUT2D eigenvalue weighted by Gasteiger charge is -2.32. The number of benzene rings is 1. The van der Waals surface area contributed by atoms with Gasteiger partial charge in [-0.05, 0) is 31.2 Å². The lowest BCUT2D eigenvalue weighted by atomic mass is 10.0. The zero-order valence-electron chi connectivity index (χ0n) is 15.7. The van der Waals surface area contributed by atoms with Gasteiger partial charge in [-0.15, -0.1) is 13.2 Å². The summed E-state index contributed by atoms with van der Waals surface area (Å²) in [5.41, 5.74) is 2.08. The highest BCUT2D eigenvalue weighted by Crippen LogP contribution is 2.32. The number of imidazole rings is 1. The molecule has 3 aromatic rings. The van der Waals surface area contributed by atoms with E-state index in [0.29, 0.717) is 25.1 Å². The largest absolute Gasteiger partial charge is 0.573 e. The molecule has 0 bridgehead atoms. The normalized spacial score (nSPS) is 16.3. The molecule has 1 aliphatic rings. The first-order valence-electron chi connectivity index (χ1n) is 9.09. The first-order valence-corrected chi connectivity index (χ1v) is 9.09. The minimum Gasteiger partial charge on any atom is -0.406 e. The number of H-pyrrole nitrogens is 1. The molecule has 30 heavy (non-hydrogen) atoms. The molecule has 12 heteroatoms. The van der Waals surface area contributed by atoms with Crippen LogP contribution in [-0.4, -0.2) is 43.9 Å². The number of aromatic nitrogens is 4. The molecule has 0 saturated carbocycles. The van der Waals surface area contributed by atoms with E-state index >= 15 is 0 Å². The van der Waals surface area contributed by atoms with E-state index in [4.69, 9.17) is 4.52 Å². The number of carbonyl (C=O) groups is 1. The standard InChI is InChI=1S/C18H17F3N6O3/c1-2-22-17(28)27-8-13-12(23-9-24-13)7-14(27)16-25-15(26-30-16)10-3-5-11(6-4-10)29-18(19,20)21/h3-6,9,14H,2,7-8H2,1H3,(H,22,28)(H,23,24). The molecule has 0 spiro atoms. The quantitative estimate of drug-likeness (QED) is 0.668. The van der Waals surface area contributed by atoms with Crippen LogP contribution >= 0.6 is 0 Å². The number of aromatic amines is 1. The molecule has 9 nitrogen and oxygen atoms in total. The number of hydrogen-bond acceptors (Lipinski definition) is 6. The monoisotopic (exact) mass is 422 g/mol. The summed E-state index contributed by atoms with van der Waals surface area (Å²) in [6, 6.07) is 4.30. The van der Waals surface area contributed by atoms with Crippen LogP contribution in [0.1, 0.15) is 30.2 Å². The number of carbonyl (C=O) groups excluding carboxylic acids is 1. The first-order chi connectivity index (χ1) is 14.3. The van der Waals surface area contributed by atoms with Crippen LogP contribution in [0.5, 0.6) is 5.75 Å². The number of alkyl halides is 3. The van der Waals surface area contributed by atoms with Crippen LogP contribution in [0.2, 0.25) is 0 Å². The second kappa shape index (κ2) is 7.69. The number of ether oxygens (including phenoxy) is 1. The molecule has 2 aromatic heterocycles. The molecule has 0 radical (unpaired) electrons. The molecule has 1 unspecified atom stereocenters. The minimum absolute atomic E-state index is 0.187. The molecule has 2 amide bonds. The van der Waals surface area contributed by atoms with Gasteiger partial charge >= 0.3 is 12.4 Å². The fraction of sp³-hybridized carbons (Fsp3) is 0.333. The van der Waals surface area contributed by atoms with Crippen LogP contribution in [-0.2, 0) is 13.0 Å². The molecule has 1 aromatic carbocycles. The smallest absolute Gasteiger partial charge is 0.406 e. The molecular formula is C18H17F3N6O3. The van der Waals surface area contributed by atoms with Gasteiger partial charge in [0.15, 0.2) is 0 Å². The van der Waals surface area contributed by atoms with Crippen LogP contribution in [0.15, 0.2) is 35.1 Å². The van der Waals surface area contributed by atoms with E-state index in [1.54, 1.807) is 11.2 Å². The van der Waals surface area contributed by atoms with Gasteiger partial charge in [-0.25, -0.2) is 9.78 Å². The zero-order valence-corrected chi connectivity index (χ0v) is 15.7. The van der Waals surface area contributed by atoms with Crippen LogP contribution in [0.25, 0.3) is 11.4 Å². The lowest BCUT2D eigenvalue weighted by molar-refractivity contribution is -0.274. The van der Waals surface area contributed by atoms with Crippen molar-refractivity contribution in [2.45, 2.75) is 32.3 Å². The van der Waals surface area contributed by atoms with Crippen molar-refractivity contribution < 1.29 is 27.2 Å². The number of halogens is 3. The summed E-state index contributed by atoms with van der Waals surface area (Å²) in [4.78, 5) is 25.7. The van der Waals surface area contributed by atoms with Gasteiger partial charge < -0.3 is 24.5 Å².